The quantitative estimate of drug-likeness (QED) is 0.235. The van der Waals surface area contributed by atoms with E-state index in [-0.39, 0.29) is 5.82 Å². The highest BCUT2D eigenvalue weighted by atomic mass is 19.1. The standard InChI is InChI=1S/C33H33FNO/c1-20(2)25-17-18-35(4)29(19-25)30-21(3)9-14-26-27-15-16-28(34)31(33(27)36-32(26)30)24-12-10-23(11-13-24)22-7-5-6-8-22/h9-20,22H,5-8H2,1-4H3/q+1/i20D. The molecular formula is C33H33FNO+. The summed E-state index contributed by atoms with van der Waals surface area (Å²) >= 11 is 0. The van der Waals surface area contributed by atoms with Gasteiger partial charge in [0, 0.05) is 24.3 Å². The van der Waals surface area contributed by atoms with E-state index in [0.29, 0.717) is 17.1 Å². The number of aromatic nitrogens is 1. The molecule has 3 heteroatoms. The molecule has 5 aromatic rings. The Kier molecular flexibility index (Phi) is 5.38. The monoisotopic (exact) mass is 479 g/mol. The van der Waals surface area contributed by atoms with Gasteiger partial charge >= 0.3 is 0 Å². The van der Waals surface area contributed by atoms with Crippen LogP contribution in [0.2, 0.25) is 0 Å². The summed E-state index contributed by atoms with van der Waals surface area (Å²) in [6, 6.07) is 20.0. The van der Waals surface area contributed by atoms with Gasteiger partial charge in [0.2, 0.25) is 5.69 Å². The number of rotatable bonds is 4. The molecule has 1 aliphatic rings. The molecule has 0 radical (unpaired) electrons. The van der Waals surface area contributed by atoms with Crippen LogP contribution in [0, 0.1) is 12.7 Å². The van der Waals surface area contributed by atoms with Gasteiger partial charge in [-0.1, -0.05) is 63.1 Å². The van der Waals surface area contributed by atoms with Crippen LogP contribution in [-0.4, -0.2) is 0 Å². The molecule has 1 aliphatic carbocycles. The maximum Gasteiger partial charge on any atom is 0.216 e. The first kappa shape index (κ1) is 21.8. The molecule has 0 aliphatic heterocycles. The molecule has 0 bridgehead atoms. The number of halogens is 1. The Morgan fingerprint density at radius 1 is 0.917 bits per heavy atom. The van der Waals surface area contributed by atoms with Crippen molar-refractivity contribution in [2.24, 2.45) is 7.05 Å². The van der Waals surface area contributed by atoms with Crippen molar-refractivity contribution in [1.82, 2.24) is 0 Å². The lowest BCUT2D eigenvalue weighted by molar-refractivity contribution is -0.660. The second kappa shape index (κ2) is 8.89. The minimum atomic E-state index is -0.723. The van der Waals surface area contributed by atoms with Gasteiger partial charge in [-0.25, -0.2) is 8.96 Å². The van der Waals surface area contributed by atoms with Gasteiger partial charge in [-0.3, -0.25) is 0 Å². The number of aryl methyl sites for hydroxylation is 2. The molecular weight excluding hydrogens is 445 g/mol. The van der Waals surface area contributed by atoms with Gasteiger partial charge in [-0.05, 0) is 66.0 Å². The number of fused-ring (bicyclic) bond motifs is 3. The SMILES string of the molecule is [2H]C(C)(C)c1cc[n+](C)c(-c2c(C)ccc3c2oc2c(-c4ccc(C5CCCC5)cc4)c(F)ccc23)c1. The summed E-state index contributed by atoms with van der Waals surface area (Å²) in [6.45, 7) is 5.87. The van der Waals surface area contributed by atoms with Crippen LogP contribution in [-0.2, 0) is 7.05 Å². The van der Waals surface area contributed by atoms with E-state index >= 15 is 4.39 Å². The predicted octanol–water partition coefficient (Wildman–Crippen LogP) is 8.97. The smallest absolute Gasteiger partial charge is 0.216 e. The topological polar surface area (TPSA) is 17.0 Å². The van der Waals surface area contributed by atoms with Crippen molar-refractivity contribution in [3.05, 3.63) is 89.4 Å². The Bertz CT molecular complexity index is 1640. The Balaban J connectivity index is 1.57. The van der Waals surface area contributed by atoms with E-state index in [1.807, 2.05) is 51.4 Å². The fraction of sp³-hybridized carbons (Fsp3) is 0.303. The molecule has 3 aromatic carbocycles. The lowest BCUT2D eigenvalue weighted by Gasteiger charge is -2.11. The lowest BCUT2D eigenvalue weighted by Crippen LogP contribution is -2.31. The van der Waals surface area contributed by atoms with Crippen LogP contribution in [0.3, 0.4) is 0 Å². The molecule has 182 valence electrons. The maximum atomic E-state index is 15.4. The molecule has 2 aromatic heterocycles. The molecule has 0 spiro atoms. The Morgan fingerprint density at radius 2 is 1.58 bits per heavy atom. The summed E-state index contributed by atoms with van der Waals surface area (Å²) in [7, 11) is 2.01. The largest absolute Gasteiger partial charge is 0.454 e. The average Bonchev–Trinajstić information content (AvgIpc) is 3.52. The van der Waals surface area contributed by atoms with Crippen molar-refractivity contribution in [2.45, 2.75) is 58.3 Å². The maximum absolute atomic E-state index is 15.4. The Hall–Kier alpha value is -3.46. The van der Waals surface area contributed by atoms with Gasteiger partial charge in [0.05, 0.1) is 11.1 Å². The molecule has 1 fully saturated rings. The number of pyridine rings is 1. The molecule has 6 rings (SSSR count). The van der Waals surface area contributed by atoms with E-state index in [9.17, 15) is 0 Å². The first-order valence-electron chi connectivity index (χ1n) is 13.5. The van der Waals surface area contributed by atoms with Gasteiger partial charge < -0.3 is 4.42 Å². The zero-order chi connectivity index (χ0) is 25.9. The zero-order valence-corrected chi connectivity index (χ0v) is 21.5. The van der Waals surface area contributed by atoms with Gasteiger partial charge in [0.1, 0.15) is 24.0 Å². The predicted molar refractivity (Wildman–Crippen MR) is 146 cm³/mol. The van der Waals surface area contributed by atoms with E-state index in [4.69, 9.17) is 5.79 Å². The second-order valence-electron chi connectivity index (χ2n) is 10.6. The van der Waals surface area contributed by atoms with Gasteiger partial charge in [0.25, 0.3) is 0 Å². The van der Waals surface area contributed by atoms with Crippen LogP contribution in [0.25, 0.3) is 44.3 Å². The molecule has 2 heterocycles. The van der Waals surface area contributed by atoms with Crippen molar-refractivity contribution in [2.75, 3.05) is 0 Å². The van der Waals surface area contributed by atoms with Crippen LogP contribution >= 0.6 is 0 Å². The average molecular weight is 480 g/mol. The summed E-state index contributed by atoms with van der Waals surface area (Å²) in [5.74, 6) is -0.377. The van der Waals surface area contributed by atoms with E-state index in [1.165, 1.54) is 31.2 Å². The summed E-state index contributed by atoms with van der Waals surface area (Å²) in [5.41, 5.74) is 7.99. The third-order valence-electron chi connectivity index (χ3n) is 7.98. The van der Waals surface area contributed by atoms with Crippen molar-refractivity contribution >= 4 is 21.9 Å². The van der Waals surface area contributed by atoms with Crippen molar-refractivity contribution in [1.29, 1.82) is 0 Å². The number of benzene rings is 3. The zero-order valence-electron chi connectivity index (χ0n) is 22.5. The second-order valence-corrected chi connectivity index (χ2v) is 10.6. The molecule has 0 saturated heterocycles. The summed E-state index contributed by atoms with van der Waals surface area (Å²) in [6.07, 6.45) is 7.07. The van der Waals surface area contributed by atoms with Crippen LogP contribution in [0.5, 0.6) is 0 Å². The van der Waals surface area contributed by atoms with Crippen LogP contribution < -0.4 is 4.57 Å². The number of furan rings is 1. The van der Waals surface area contributed by atoms with Gasteiger partial charge in [-0.2, -0.15) is 0 Å². The van der Waals surface area contributed by atoms with Crippen molar-refractivity contribution in [3.8, 4) is 22.4 Å². The summed E-state index contributed by atoms with van der Waals surface area (Å²) < 4.78 is 32.6. The third kappa shape index (κ3) is 3.73. The summed E-state index contributed by atoms with van der Waals surface area (Å²) in [5, 5.41) is 1.88. The fourth-order valence-electron chi connectivity index (χ4n) is 5.88. The van der Waals surface area contributed by atoms with Crippen LogP contribution in [0.15, 0.2) is 71.3 Å². The Labute approximate surface area is 213 Å². The molecule has 2 nitrogen and oxygen atoms in total. The molecule has 0 atom stereocenters. The third-order valence-corrected chi connectivity index (χ3v) is 7.98. The molecule has 1 saturated carbocycles. The number of hydrogen-bond donors (Lipinski definition) is 0. The molecule has 0 unspecified atom stereocenters. The van der Waals surface area contributed by atoms with Crippen molar-refractivity contribution < 1.29 is 14.7 Å². The fourth-order valence-corrected chi connectivity index (χ4v) is 5.88. The van der Waals surface area contributed by atoms with E-state index in [2.05, 4.69) is 41.8 Å². The number of hydrogen-bond acceptors (Lipinski definition) is 1. The van der Waals surface area contributed by atoms with E-state index in [1.54, 1.807) is 6.07 Å². The van der Waals surface area contributed by atoms with E-state index < -0.39 is 5.89 Å². The van der Waals surface area contributed by atoms with Crippen molar-refractivity contribution in [3.63, 3.8) is 0 Å². The minimum Gasteiger partial charge on any atom is -0.454 e. The summed E-state index contributed by atoms with van der Waals surface area (Å²) in [4.78, 5) is 0. The van der Waals surface area contributed by atoms with Gasteiger partial charge in [-0.15, -0.1) is 0 Å². The molecule has 36 heavy (non-hydrogen) atoms. The normalized spacial score (nSPS) is 15.2. The minimum absolute atomic E-state index is 0.276. The van der Waals surface area contributed by atoms with Gasteiger partial charge in [0.15, 0.2) is 6.20 Å². The highest BCUT2D eigenvalue weighted by molar-refractivity contribution is 6.13. The highest BCUT2D eigenvalue weighted by Gasteiger charge is 2.24. The van der Waals surface area contributed by atoms with Crippen LogP contribution in [0.4, 0.5) is 4.39 Å². The number of nitrogens with zero attached hydrogens (tertiary/aromatic N) is 1. The first-order valence-corrected chi connectivity index (χ1v) is 13.0. The van der Waals surface area contributed by atoms with Crippen LogP contribution in [0.1, 0.15) is 69.4 Å². The lowest BCUT2D eigenvalue weighted by atomic mass is 9.94. The first-order chi connectivity index (χ1) is 17.7. The Morgan fingerprint density at radius 3 is 2.28 bits per heavy atom. The molecule has 0 amide bonds. The highest BCUT2D eigenvalue weighted by Crippen LogP contribution is 2.42. The van der Waals surface area contributed by atoms with E-state index in [0.717, 1.165) is 44.3 Å². The molecule has 0 N–H and O–H groups in total.